The molecule has 1 aliphatic heterocycles. The fraction of sp³-hybridized carbons (Fsp3) is 1.00. The molecule has 0 aromatic heterocycles. The van der Waals surface area contributed by atoms with Crippen molar-refractivity contribution >= 4 is 0 Å². The maximum absolute atomic E-state index is 5.57. The minimum absolute atomic E-state index is 0.0522. The summed E-state index contributed by atoms with van der Waals surface area (Å²) < 4.78 is 11.1. The Morgan fingerprint density at radius 3 is 2.15 bits per heavy atom. The first-order valence-electron chi connectivity index (χ1n) is 4.92. The number of likely N-dealkylation sites (N-methyl/N-ethyl adjacent to an activating group) is 1. The molecule has 0 spiro atoms. The number of hydrogen-bond acceptors (Lipinski definition) is 3. The number of rotatable bonds is 2. The molecule has 13 heavy (non-hydrogen) atoms. The highest BCUT2D eigenvalue weighted by molar-refractivity contribution is 4.76. The van der Waals surface area contributed by atoms with Crippen LogP contribution in [0.1, 0.15) is 20.8 Å². The highest BCUT2D eigenvalue weighted by Gasteiger charge is 2.30. The van der Waals surface area contributed by atoms with Gasteiger partial charge in [-0.1, -0.05) is 20.8 Å². The summed E-state index contributed by atoms with van der Waals surface area (Å²) in [4.78, 5) is 0. The van der Waals surface area contributed by atoms with Crippen molar-refractivity contribution in [2.24, 2.45) is 11.3 Å². The highest BCUT2D eigenvalue weighted by atomic mass is 16.7. The van der Waals surface area contributed by atoms with Crippen molar-refractivity contribution in [3.05, 3.63) is 0 Å². The van der Waals surface area contributed by atoms with Crippen LogP contribution in [0.3, 0.4) is 0 Å². The van der Waals surface area contributed by atoms with E-state index in [9.17, 15) is 0 Å². The zero-order valence-corrected chi connectivity index (χ0v) is 9.09. The molecule has 3 heteroatoms. The molecule has 0 atom stereocenters. The standard InChI is InChI=1S/C10H21NO2/c1-10(2,3)8-6-12-9(5-11-4)13-7-8/h8-9,11H,5-7H2,1-4H3. The first kappa shape index (κ1) is 11.0. The Hall–Kier alpha value is -0.120. The quantitative estimate of drug-likeness (QED) is 0.705. The number of ether oxygens (including phenoxy) is 2. The van der Waals surface area contributed by atoms with Gasteiger partial charge in [0.15, 0.2) is 6.29 Å². The average molecular weight is 187 g/mol. The summed E-state index contributed by atoms with van der Waals surface area (Å²) in [7, 11) is 1.91. The van der Waals surface area contributed by atoms with Crippen molar-refractivity contribution in [3.63, 3.8) is 0 Å². The van der Waals surface area contributed by atoms with Crippen LogP contribution in [0.2, 0.25) is 0 Å². The first-order valence-corrected chi connectivity index (χ1v) is 4.92. The predicted molar refractivity (Wildman–Crippen MR) is 52.6 cm³/mol. The van der Waals surface area contributed by atoms with E-state index in [-0.39, 0.29) is 11.7 Å². The highest BCUT2D eigenvalue weighted by Crippen LogP contribution is 2.29. The summed E-state index contributed by atoms with van der Waals surface area (Å²) in [6.07, 6.45) is -0.0522. The van der Waals surface area contributed by atoms with E-state index in [2.05, 4.69) is 26.1 Å². The van der Waals surface area contributed by atoms with Crippen LogP contribution in [0.4, 0.5) is 0 Å². The number of nitrogens with one attached hydrogen (secondary N) is 1. The molecule has 0 saturated carbocycles. The molecular formula is C10H21NO2. The van der Waals surface area contributed by atoms with Gasteiger partial charge in [0.2, 0.25) is 0 Å². The zero-order chi connectivity index (χ0) is 9.90. The summed E-state index contributed by atoms with van der Waals surface area (Å²) in [6, 6.07) is 0. The second-order valence-corrected chi connectivity index (χ2v) is 4.72. The van der Waals surface area contributed by atoms with E-state index in [1.807, 2.05) is 7.05 Å². The third-order valence-electron chi connectivity index (χ3n) is 2.56. The lowest BCUT2D eigenvalue weighted by Crippen LogP contribution is -2.42. The summed E-state index contributed by atoms with van der Waals surface area (Å²) >= 11 is 0. The third-order valence-corrected chi connectivity index (χ3v) is 2.56. The monoisotopic (exact) mass is 187 g/mol. The van der Waals surface area contributed by atoms with Crippen LogP contribution < -0.4 is 5.32 Å². The SMILES string of the molecule is CNCC1OCC(C(C)(C)C)CO1. The summed E-state index contributed by atoms with van der Waals surface area (Å²) in [5.41, 5.74) is 0.282. The smallest absolute Gasteiger partial charge is 0.169 e. The van der Waals surface area contributed by atoms with E-state index in [4.69, 9.17) is 9.47 Å². The van der Waals surface area contributed by atoms with Crippen LogP contribution in [0.25, 0.3) is 0 Å². The Morgan fingerprint density at radius 2 is 1.77 bits per heavy atom. The van der Waals surface area contributed by atoms with Gasteiger partial charge >= 0.3 is 0 Å². The van der Waals surface area contributed by atoms with Crippen LogP contribution in [-0.2, 0) is 9.47 Å². The van der Waals surface area contributed by atoms with Gasteiger partial charge in [-0.3, -0.25) is 0 Å². The molecule has 1 fully saturated rings. The van der Waals surface area contributed by atoms with Gasteiger partial charge in [-0.15, -0.1) is 0 Å². The third kappa shape index (κ3) is 3.25. The molecule has 0 aromatic carbocycles. The van der Waals surface area contributed by atoms with E-state index >= 15 is 0 Å². The molecule has 1 aliphatic rings. The Labute approximate surface area is 80.8 Å². The van der Waals surface area contributed by atoms with Crippen molar-refractivity contribution in [1.29, 1.82) is 0 Å². The van der Waals surface area contributed by atoms with Gasteiger partial charge in [0.25, 0.3) is 0 Å². The van der Waals surface area contributed by atoms with Crippen LogP contribution in [0.5, 0.6) is 0 Å². The molecule has 0 bridgehead atoms. The molecule has 3 nitrogen and oxygen atoms in total. The van der Waals surface area contributed by atoms with E-state index in [0.717, 1.165) is 19.8 Å². The molecule has 0 aromatic rings. The molecule has 1 saturated heterocycles. The van der Waals surface area contributed by atoms with E-state index in [1.54, 1.807) is 0 Å². The van der Waals surface area contributed by atoms with Gasteiger partial charge in [0.05, 0.1) is 13.2 Å². The van der Waals surface area contributed by atoms with Crippen LogP contribution in [0.15, 0.2) is 0 Å². The van der Waals surface area contributed by atoms with Crippen LogP contribution in [-0.4, -0.2) is 33.1 Å². The fourth-order valence-electron chi connectivity index (χ4n) is 1.33. The first-order chi connectivity index (χ1) is 6.04. The van der Waals surface area contributed by atoms with Crippen molar-refractivity contribution < 1.29 is 9.47 Å². The maximum atomic E-state index is 5.57. The zero-order valence-electron chi connectivity index (χ0n) is 9.09. The van der Waals surface area contributed by atoms with Gasteiger partial charge in [0.1, 0.15) is 0 Å². The summed E-state index contributed by atoms with van der Waals surface area (Å²) in [5.74, 6) is 0.514. The molecular weight excluding hydrogens is 166 g/mol. The fourth-order valence-corrected chi connectivity index (χ4v) is 1.33. The Balaban J connectivity index is 2.30. The van der Waals surface area contributed by atoms with Gasteiger partial charge in [0, 0.05) is 12.5 Å². The molecule has 0 unspecified atom stereocenters. The molecule has 0 amide bonds. The second kappa shape index (κ2) is 4.40. The van der Waals surface area contributed by atoms with Crippen molar-refractivity contribution in [2.75, 3.05) is 26.8 Å². The lowest BCUT2D eigenvalue weighted by atomic mass is 9.81. The van der Waals surface area contributed by atoms with Crippen LogP contribution in [0, 0.1) is 11.3 Å². The Bertz CT molecular complexity index is 145. The van der Waals surface area contributed by atoms with Gasteiger partial charge in [-0.2, -0.15) is 0 Å². The maximum Gasteiger partial charge on any atom is 0.169 e. The van der Waals surface area contributed by atoms with E-state index < -0.39 is 0 Å². The van der Waals surface area contributed by atoms with Gasteiger partial charge in [-0.05, 0) is 12.5 Å². The molecule has 1 rings (SSSR count). The number of hydrogen-bond donors (Lipinski definition) is 1. The lowest BCUT2D eigenvalue weighted by Gasteiger charge is -2.36. The lowest BCUT2D eigenvalue weighted by molar-refractivity contribution is -0.211. The summed E-state index contributed by atoms with van der Waals surface area (Å²) in [5, 5.41) is 3.04. The van der Waals surface area contributed by atoms with Crippen molar-refractivity contribution in [2.45, 2.75) is 27.1 Å². The van der Waals surface area contributed by atoms with Crippen molar-refractivity contribution in [3.8, 4) is 0 Å². The Morgan fingerprint density at radius 1 is 1.23 bits per heavy atom. The topological polar surface area (TPSA) is 30.5 Å². The normalized spacial score (nSPS) is 30.5. The molecule has 0 aliphatic carbocycles. The average Bonchev–Trinajstić information content (AvgIpc) is 2.04. The predicted octanol–water partition coefficient (Wildman–Crippen LogP) is 1.24. The molecule has 0 radical (unpaired) electrons. The van der Waals surface area contributed by atoms with E-state index in [0.29, 0.717) is 5.92 Å². The minimum Gasteiger partial charge on any atom is -0.351 e. The van der Waals surface area contributed by atoms with Crippen LogP contribution >= 0.6 is 0 Å². The molecule has 78 valence electrons. The molecule has 1 N–H and O–H groups in total. The van der Waals surface area contributed by atoms with Gasteiger partial charge < -0.3 is 14.8 Å². The minimum atomic E-state index is -0.0522. The summed E-state index contributed by atoms with van der Waals surface area (Å²) in [6.45, 7) is 9.08. The van der Waals surface area contributed by atoms with Gasteiger partial charge in [-0.25, -0.2) is 0 Å². The molecule has 1 heterocycles. The largest absolute Gasteiger partial charge is 0.351 e. The van der Waals surface area contributed by atoms with Crippen molar-refractivity contribution in [1.82, 2.24) is 5.32 Å². The second-order valence-electron chi connectivity index (χ2n) is 4.72. The van der Waals surface area contributed by atoms with E-state index in [1.165, 1.54) is 0 Å². The Kier molecular flexibility index (Phi) is 3.71.